The number of hydrogen-bond donors (Lipinski definition) is 1. The van der Waals surface area contributed by atoms with Gasteiger partial charge in [-0.2, -0.15) is 0 Å². The maximum Gasteiger partial charge on any atom is 0.225 e. The molecule has 1 aliphatic heterocycles. The van der Waals surface area contributed by atoms with E-state index in [1.54, 1.807) is 7.11 Å². The topological polar surface area (TPSA) is 49.8 Å². The van der Waals surface area contributed by atoms with E-state index in [2.05, 4.69) is 12.1 Å². The first-order valence-electron chi connectivity index (χ1n) is 9.15. The molecule has 1 aromatic carbocycles. The second kappa shape index (κ2) is 5.88. The number of rotatable bonds is 3. The van der Waals surface area contributed by atoms with Gasteiger partial charge in [0.15, 0.2) is 0 Å². The Kier molecular flexibility index (Phi) is 4.04. The molecule has 3 fully saturated rings. The summed E-state index contributed by atoms with van der Waals surface area (Å²) in [5.41, 5.74) is 0.951. The minimum absolute atomic E-state index is 0.0325. The molecule has 3 aliphatic rings. The van der Waals surface area contributed by atoms with Gasteiger partial charge in [0.25, 0.3) is 0 Å². The Balaban J connectivity index is 1.35. The predicted molar refractivity (Wildman–Crippen MR) is 97.0 cm³/mol. The Morgan fingerprint density at radius 3 is 2.68 bits per heavy atom. The number of nitrogens with zero attached hydrogens (tertiary/aromatic N) is 1. The van der Waals surface area contributed by atoms with Gasteiger partial charge >= 0.3 is 0 Å². The molecule has 4 rings (SSSR count). The summed E-state index contributed by atoms with van der Waals surface area (Å²) in [7, 11) is 1.65. The molecule has 1 aromatic rings. The van der Waals surface area contributed by atoms with Gasteiger partial charge < -0.3 is 14.7 Å². The highest BCUT2D eigenvalue weighted by Crippen LogP contribution is 2.53. The van der Waals surface area contributed by atoms with Gasteiger partial charge in [-0.05, 0) is 62.6 Å². The van der Waals surface area contributed by atoms with Crippen molar-refractivity contribution in [3.05, 3.63) is 28.8 Å². The lowest BCUT2D eigenvalue weighted by Crippen LogP contribution is -2.61. The number of amides is 1. The van der Waals surface area contributed by atoms with Crippen molar-refractivity contribution in [2.45, 2.75) is 50.5 Å². The number of halogens is 1. The predicted octanol–water partition coefficient (Wildman–Crippen LogP) is 3.61. The van der Waals surface area contributed by atoms with Crippen LogP contribution in [0, 0.1) is 11.3 Å². The molecule has 1 N–H and O–H groups in total. The van der Waals surface area contributed by atoms with Crippen molar-refractivity contribution in [2.75, 3.05) is 20.2 Å². The van der Waals surface area contributed by atoms with Gasteiger partial charge in [0.05, 0.1) is 17.7 Å². The standard InChI is InChI=1S/C20H26ClNO3/c1-19(24)8-15(9-19)18(23)22-11-20(12-22)6-5-14(10-20)13-3-4-16(21)17(7-13)25-2/h3-4,7,14-15,24H,5-6,8-12H2,1-2H3/t14-,15?,19?/m1/s1. The van der Waals surface area contributed by atoms with E-state index in [4.69, 9.17) is 16.3 Å². The number of carbonyl (C=O) groups is 1. The molecule has 136 valence electrons. The molecule has 0 aromatic heterocycles. The minimum Gasteiger partial charge on any atom is -0.495 e. The molecule has 1 heterocycles. The molecule has 1 amide bonds. The number of hydrogen-bond acceptors (Lipinski definition) is 3. The third-order valence-electron chi connectivity index (χ3n) is 6.43. The largest absolute Gasteiger partial charge is 0.495 e. The maximum absolute atomic E-state index is 12.5. The molecular formula is C20H26ClNO3. The van der Waals surface area contributed by atoms with Crippen molar-refractivity contribution in [3.63, 3.8) is 0 Å². The molecule has 0 unspecified atom stereocenters. The molecule has 1 spiro atoms. The van der Waals surface area contributed by atoms with Crippen LogP contribution < -0.4 is 4.74 Å². The van der Waals surface area contributed by atoms with E-state index in [0.717, 1.165) is 31.7 Å². The van der Waals surface area contributed by atoms with Crippen molar-refractivity contribution >= 4 is 17.5 Å². The fourth-order valence-corrected chi connectivity index (χ4v) is 5.26. The van der Waals surface area contributed by atoms with Crippen LogP contribution in [0.5, 0.6) is 5.75 Å². The van der Waals surface area contributed by atoms with Gasteiger partial charge in [0, 0.05) is 24.4 Å². The highest BCUT2D eigenvalue weighted by molar-refractivity contribution is 6.32. The second-order valence-electron chi connectivity index (χ2n) is 8.63. The van der Waals surface area contributed by atoms with Crippen LogP contribution >= 0.6 is 11.6 Å². The molecule has 2 aliphatic carbocycles. The molecule has 1 atom stereocenters. The van der Waals surface area contributed by atoms with E-state index in [0.29, 0.717) is 29.2 Å². The molecule has 0 bridgehead atoms. The lowest BCUT2D eigenvalue weighted by Gasteiger charge is -2.52. The summed E-state index contributed by atoms with van der Waals surface area (Å²) in [6.45, 7) is 3.58. The van der Waals surface area contributed by atoms with Crippen molar-refractivity contribution in [1.29, 1.82) is 0 Å². The molecular weight excluding hydrogens is 338 g/mol. The quantitative estimate of drug-likeness (QED) is 0.892. The summed E-state index contributed by atoms with van der Waals surface area (Å²) < 4.78 is 5.34. The molecule has 25 heavy (non-hydrogen) atoms. The van der Waals surface area contributed by atoms with Crippen LogP contribution in [0.3, 0.4) is 0 Å². The summed E-state index contributed by atoms with van der Waals surface area (Å²) >= 11 is 6.13. The molecule has 1 saturated heterocycles. The summed E-state index contributed by atoms with van der Waals surface area (Å²) in [5.74, 6) is 1.54. The summed E-state index contributed by atoms with van der Waals surface area (Å²) in [6.07, 6.45) is 4.69. The summed E-state index contributed by atoms with van der Waals surface area (Å²) in [4.78, 5) is 14.5. The Morgan fingerprint density at radius 2 is 2.04 bits per heavy atom. The molecule has 2 saturated carbocycles. The Bertz CT molecular complexity index is 688. The van der Waals surface area contributed by atoms with Crippen LogP contribution in [0.4, 0.5) is 0 Å². The van der Waals surface area contributed by atoms with E-state index in [-0.39, 0.29) is 11.8 Å². The zero-order chi connectivity index (χ0) is 17.8. The average Bonchev–Trinajstić information content (AvgIpc) is 2.96. The number of aliphatic hydroxyl groups is 1. The Morgan fingerprint density at radius 1 is 1.32 bits per heavy atom. The first kappa shape index (κ1) is 17.2. The Hall–Kier alpha value is -1.26. The van der Waals surface area contributed by atoms with E-state index in [1.807, 2.05) is 17.9 Å². The second-order valence-corrected chi connectivity index (χ2v) is 9.04. The third kappa shape index (κ3) is 3.04. The smallest absolute Gasteiger partial charge is 0.225 e. The van der Waals surface area contributed by atoms with Gasteiger partial charge in [-0.1, -0.05) is 17.7 Å². The van der Waals surface area contributed by atoms with E-state index in [9.17, 15) is 9.90 Å². The van der Waals surface area contributed by atoms with Gasteiger partial charge in [-0.25, -0.2) is 0 Å². The van der Waals surface area contributed by atoms with Crippen molar-refractivity contribution in [1.82, 2.24) is 4.90 Å². The van der Waals surface area contributed by atoms with E-state index in [1.165, 1.54) is 12.0 Å². The normalized spacial score (nSPS) is 33.0. The number of benzene rings is 1. The van der Waals surface area contributed by atoms with Gasteiger partial charge in [0.1, 0.15) is 5.75 Å². The number of likely N-dealkylation sites (tertiary alicyclic amines) is 1. The molecule has 4 nitrogen and oxygen atoms in total. The lowest BCUT2D eigenvalue weighted by molar-refractivity contribution is -0.161. The highest BCUT2D eigenvalue weighted by Gasteiger charge is 2.53. The summed E-state index contributed by atoms with van der Waals surface area (Å²) in [5, 5.41) is 10.5. The first-order chi connectivity index (χ1) is 11.8. The van der Waals surface area contributed by atoms with Crippen molar-refractivity contribution in [2.24, 2.45) is 11.3 Å². The third-order valence-corrected chi connectivity index (χ3v) is 6.75. The minimum atomic E-state index is -0.630. The van der Waals surface area contributed by atoms with Gasteiger partial charge in [0.2, 0.25) is 5.91 Å². The van der Waals surface area contributed by atoms with Crippen molar-refractivity contribution in [3.8, 4) is 5.75 Å². The zero-order valence-corrected chi connectivity index (χ0v) is 15.7. The van der Waals surface area contributed by atoms with E-state index >= 15 is 0 Å². The zero-order valence-electron chi connectivity index (χ0n) is 14.9. The van der Waals surface area contributed by atoms with Crippen LogP contribution in [-0.2, 0) is 4.79 Å². The molecule has 0 radical (unpaired) electrons. The fraction of sp³-hybridized carbons (Fsp3) is 0.650. The van der Waals surface area contributed by atoms with Crippen LogP contribution in [0.1, 0.15) is 50.5 Å². The number of carbonyl (C=O) groups excluding carboxylic acids is 1. The van der Waals surface area contributed by atoms with Gasteiger partial charge in [-0.3, -0.25) is 4.79 Å². The van der Waals surface area contributed by atoms with Crippen molar-refractivity contribution < 1.29 is 14.6 Å². The van der Waals surface area contributed by atoms with Crippen LogP contribution in [0.15, 0.2) is 18.2 Å². The van der Waals surface area contributed by atoms with Crippen LogP contribution in [0.25, 0.3) is 0 Å². The number of methoxy groups -OCH3 is 1. The monoisotopic (exact) mass is 363 g/mol. The highest BCUT2D eigenvalue weighted by atomic mass is 35.5. The summed E-state index contributed by atoms with van der Waals surface area (Å²) in [6, 6.07) is 6.08. The number of ether oxygens (including phenoxy) is 1. The van der Waals surface area contributed by atoms with E-state index < -0.39 is 5.60 Å². The fourth-order valence-electron chi connectivity index (χ4n) is 5.06. The molecule has 5 heteroatoms. The first-order valence-corrected chi connectivity index (χ1v) is 9.53. The SMILES string of the molecule is COc1cc([C@@H]2CCC3(C2)CN(C(=O)C2CC(C)(O)C2)C3)ccc1Cl. The van der Waals surface area contributed by atoms with Gasteiger partial charge in [-0.15, -0.1) is 0 Å². The Labute approximate surface area is 154 Å². The van der Waals surface area contributed by atoms with Crippen LogP contribution in [0.2, 0.25) is 5.02 Å². The maximum atomic E-state index is 12.5. The van der Waals surface area contributed by atoms with Crippen LogP contribution in [-0.4, -0.2) is 41.7 Å². The average molecular weight is 364 g/mol. The lowest BCUT2D eigenvalue weighted by atomic mass is 9.69.